The smallest absolute Gasteiger partial charge is 0.267 e. The monoisotopic (exact) mass is 419 g/mol. The molecule has 0 amide bonds. The third-order valence-electron chi connectivity index (χ3n) is 6.01. The van der Waals surface area contributed by atoms with Gasteiger partial charge in [0.1, 0.15) is 5.82 Å². The maximum atomic E-state index is 12.7. The van der Waals surface area contributed by atoms with Crippen molar-refractivity contribution in [1.29, 1.82) is 0 Å². The van der Waals surface area contributed by atoms with E-state index in [0.717, 1.165) is 75.7 Å². The molecule has 0 aliphatic carbocycles. The van der Waals surface area contributed by atoms with Crippen LogP contribution in [0.5, 0.6) is 0 Å². The van der Waals surface area contributed by atoms with Crippen LogP contribution in [0.25, 0.3) is 5.69 Å². The summed E-state index contributed by atoms with van der Waals surface area (Å²) in [5.41, 5.74) is 3.51. The van der Waals surface area contributed by atoms with Gasteiger partial charge in [-0.05, 0) is 49.6 Å². The second-order valence-corrected chi connectivity index (χ2v) is 8.37. The van der Waals surface area contributed by atoms with Crippen molar-refractivity contribution in [2.24, 2.45) is 0 Å². The maximum Gasteiger partial charge on any atom is 0.267 e. The van der Waals surface area contributed by atoms with Crippen molar-refractivity contribution in [3.63, 3.8) is 0 Å². The number of pyridine rings is 1. The molecule has 1 fully saturated rings. The number of piperazine rings is 1. The molecule has 6 heteroatoms. The summed E-state index contributed by atoms with van der Waals surface area (Å²) in [4.78, 5) is 22.1. The van der Waals surface area contributed by atoms with Crippen molar-refractivity contribution >= 4 is 5.82 Å². The molecule has 0 radical (unpaired) electrons. The van der Waals surface area contributed by atoms with E-state index < -0.39 is 0 Å². The number of hydrogen-bond acceptors (Lipinski definition) is 4. The van der Waals surface area contributed by atoms with Crippen molar-refractivity contribution in [1.82, 2.24) is 19.2 Å². The standard InChI is InChI=1S/C25H33N5O/c1-3-8-23-20-25(31)29(30(23)22-9-5-4-6-10-22)14-7-13-27-15-17-28(18-16-27)24-19-21(2)11-12-26-24/h4-6,9-12,19-20H,3,7-8,13-18H2,1-2H3. The first kappa shape index (κ1) is 21.4. The molecule has 6 nitrogen and oxygen atoms in total. The van der Waals surface area contributed by atoms with E-state index in [9.17, 15) is 4.79 Å². The summed E-state index contributed by atoms with van der Waals surface area (Å²) in [5.74, 6) is 1.08. The van der Waals surface area contributed by atoms with Gasteiger partial charge in [0.05, 0.1) is 5.69 Å². The van der Waals surface area contributed by atoms with Crippen molar-refractivity contribution in [2.45, 2.75) is 39.7 Å². The molecule has 4 rings (SSSR count). The third-order valence-corrected chi connectivity index (χ3v) is 6.01. The predicted octanol–water partition coefficient (Wildman–Crippen LogP) is 3.51. The second kappa shape index (κ2) is 9.96. The van der Waals surface area contributed by atoms with E-state index >= 15 is 0 Å². The minimum Gasteiger partial charge on any atom is -0.354 e. The maximum absolute atomic E-state index is 12.7. The molecule has 0 bridgehead atoms. The van der Waals surface area contributed by atoms with Crippen molar-refractivity contribution < 1.29 is 0 Å². The Bertz CT molecular complexity index is 1030. The zero-order chi connectivity index (χ0) is 21.6. The van der Waals surface area contributed by atoms with Gasteiger partial charge in [0.15, 0.2) is 0 Å². The molecule has 1 aromatic carbocycles. The minimum absolute atomic E-state index is 0.0997. The van der Waals surface area contributed by atoms with Crippen LogP contribution in [0.1, 0.15) is 31.0 Å². The van der Waals surface area contributed by atoms with Gasteiger partial charge in [0.2, 0.25) is 0 Å². The number of hydrogen-bond donors (Lipinski definition) is 0. The molecule has 0 atom stereocenters. The fourth-order valence-corrected chi connectivity index (χ4v) is 4.39. The number of benzene rings is 1. The van der Waals surface area contributed by atoms with E-state index in [1.807, 2.05) is 41.2 Å². The summed E-state index contributed by atoms with van der Waals surface area (Å²) in [6.45, 7) is 10.1. The van der Waals surface area contributed by atoms with Crippen LogP contribution in [0.4, 0.5) is 5.82 Å². The number of para-hydroxylation sites is 1. The molecule has 31 heavy (non-hydrogen) atoms. The number of nitrogens with zero attached hydrogens (tertiary/aromatic N) is 5. The lowest BCUT2D eigenvalue weighted by Crippen LogP contribution is -2.47. The van der Waals surface area contributed by atoms with Gasteiger partial charge in [0.25, 0.3) is 5.56 Å². The fraction of sp³-hybridized carbons (Fsp3) is 0.440. The van der Waals surface area contributed by atoms with E-state index in [4.69, 9.17) is 0 Å². The van der Waals surface area contributed by atoms with Gasteiger partial charge in [-0.3, -0.25) is 14.4 Å². The zero-order valence-electron chi connectivity index (χ0n) is 18.7. The Hall–Kier alpha value is -2.86. The lowest BCUT2D eigenvalue weighted by atomic mass is 10.2. The van der Waals surface area contributed by atoms with Gasteiger partial charge in [0, 0.05) is 57.2 Å². The van der Waals surface area contributed by atoms with Gasteiger partial charge < -0.3 is 4.90 Å². The summed E-state index contributed by atoms with van der Waals surface area (Å²) in [6.07, 6.45) is 4.79. The van der Waals surface area contributed by atoms with Gasteiger partial charge >= 0.3 is 0 Å². The quantitative estimate of drug-likeness (QED) is 0.561. The highest BCUT2D eigenvalue weighted by atomic mass is 16.1. The molecule has 164 valence electrons. The minimum atomic E-state index is 0.0997. The second-order valence-electron chi connectivity index (χ2n) is 8.37. The fourth-order valence-electron chi connectivity index (χ4n) is 4.39. The number of aromatic nitrogens is 3. The van der Waals surface area contributed by atoms with Crippen molar-refractivity contribution in [3.05, 3.63) is 76.3 Å². The topological polar surface area (TPSA) is 46.3 Å². The summed E-state index contributed by atoms with van der Waals surface area (Å²) >= 11 is 0. The molecule has 0 spiro atoms. The Morgan fingerprint density at radius 2 is 1.74 bits per heavy atom. The van der Waals surface area contributed by atoms with E-state index in [0.29, 0.717) is 0 Å². The van der Waals surface area contributed by atoms with E-state index in [2.05, 4.69) is 51.5 Å². The Kier molecular flexibility index (Phi) is 6.87. The molecule has 2 aromatic heterocycles. The van der Waals surface area contributed by atoms with Crippen LogP contribution in [0, 0.1) is 6.92 Å². The molecular formula is C25H33N5O. The third kappa shape index (κ3) is 5.07. The Morgan fingerprint density at radius 3 is 2.45 bits per heavy atom. The van der Waals surface area contributed by atoms with Gasteiger partial charge in [-0.1, -0.05) is 31.5 Å². The molecule has 0 unspecified atom stereocenters. The van der Waals surface area contributed by atoms with Crippen LogP contribution < -0.4 is 10.5 Å². The molecular weight excluding hydrogens is 386 g/mol. The molecule has 1 aliphatic rings. The average molecular weight is 420 g/mol. The van der Waals surface area contributed by atoms with Crippen molar-refractivity contribution in [3.8, 4) is 5.69 Å². The highest BCUT2D eigenvalue weighted by Crippen LogP contribution is 2.16. The first-order chi connectivity index (χ1) is 15.2. The summed E-state index contributed by atoms with van der Waals surface area (Å²) in [7, 11) is 0. The molecule has 0 saturated carbocycles. The summed E-state index contributed by atoms with van der Waals surface area (Å²) in [5, 5.41) is 0. The number of anilines is 1. The van der Waals surface area contributed by atoms with Crippen LogP contribution in [-0.2, 0) is 13.0 Å². The SMILES string of the molecule is CCCc1cc(=O)n(CCCN2CCN(c3cc(C)ccn3)CC2)n1-c1ccccc1. The summed E-state index contributed by atoms with van der Waals surface area (Å²) in [6, 6.07) is 16.2. The number of aryl methyl sites for hydroxylation is 2. The molecule has 3 aromatic rings. The molecule has 1 saturated heterocycles. The van der Waals surface area contributed by atoms with Crippen LogP contribution in [0.15, 0.2) is 59.5 Å². The van der Waals surface area contributed by atoms with Crippen LogP contribution in [0.3, 0.4) is 0 Å². The highest BCUT2D eigenvalue weighted by Gasteiger charge is 2.18. The first-order valence-electron chi connectivity index (χ1n) is 11.4. The molecule has 1 aliphatic heterocycles. The van der Waals surface area contributed by atoms with Gasteiger partial charge in [-0.25, -0.2) is 9.67 Å². The molecule has 0 N–H and O–H groups in total. The first-order valence-corrected chi connectivity index (χ1v) is 11.4. The normalized spacial score (nSPS) is 14.8. The van der Waals surface area contributed by atoms with Crippen LogP contribution >= 0.6 is 0 Å². The Balaban J connectivity index is 1.37. The molecule has 3 heterocycles. The average Bonchev–Trinajstić information content (AvgIpc) is 3.10. The van der Waals surface area contributed by atoms with E-state index in [1.165, 1.54) is 5.56 Å². The predicted molar refractivity (Wildman–Crippen MR) is 126 cm³/mol. The van der Waals surface area contributed by atoms with E-state index in [-0.39, 0.29) is 5.56 Å². The lowest BCUT2D eigenvalue weighted by molar-refractivity contribution is 0.247. The van der Waals surface area contributed by atoms with Crippen molar-refractivity contribution in [2.75, 3.05) is 37.6 Å². The largest absolute Gasteiger partial charge is 0.354 e. The van der Waals surface area contributed by atoms with Crippen LogP contribution in [-0.4, -0.2) is 52.0 Å². The van der Waals surface area contributed by atoms with Crippen LogP contribution in [0.2, 0.25) is 0 Å². The van der Waals surface area contributed by atoms with Gasteiger partial charge in [-0.15, -0.1) is 0 Å². The summed E-state index contributed by atoms with van der Waals surface area (Å²) < 4.78 is 4.03. The Labute approximate surface area is 184 Å². The van der Waals surface area contributed by atoms with Gasteiger partial charge in [-0.2, -0.15) is 0 Å². The Morgan fingerprint density at radius 1 is 0.968 bits per heavy atom. The zero-order valence-corrected chi connectivity index (χ0v) is 18.7. The number of rotatable bonds is 8. The highest BCUT2D eigenvalue weighted by molar-refractivity contribution is 5.41. The lowest BCUT2D eigenvalue weighted by Gasteiger charge is -2.35. The van der Waals surface area contributed by atoms with E-state index in [1.54, 1.807) is 0 Å².